The number of aliphatic hydroxyl groups excluding tert-OH is 1. The Labute approximate surface area is 124 Å². The number of hydrogen-bond donors (Lipinski definition) is 1. The average Bonchev–Trinajstić information content (AvgIpc) is 2.80. The summed E-state index contributed by atoms with van der Waals surface area (Å²) >= 11 is 0. The summed E-state index contributed by atoms with van der Waals surface area (Å²) in [5.74, 6) is 0.0103. The van der Waals surface area contributed by atoms with E-state index in [0.717, 1.165) is 30.2 Å². The quantitative estimate of drug-likeness (QED) is 0.924. The second-order valence-electron chi connectivity index (χ2n) is 5.71. The SMILES string of the molecule is CCc1ccc2occ(C(=O)N3CCCC(O)CC3)c2c1. The molecule has 0 radical (unpaired) electrons. The fourth-order valence-corrected chi connectivity index (χ4v) is 2.91. The summed E-state index contributed by atoms with van der Waals surface area (Å²) in [4.78, 5) is 14.6. The van der Waals surface area contributed by atoms with Crippen molar-refractivity contribution in [2.24, 2.45) is 0 Å². The lowest BCUT2D eigenvalue weighted by molar-refractivity contribution is 0.0754. The van der Waals surface area contributed by atoms with E-state index in [0.29, 0.717) is 25.1 Å². The highest BCUT2D eigenvalue weighted by Crippen LogP contribution is 2.25. The van der Waals surface area contributed by atoms with Gasteiger partial charge in [-0.3, -0.25) is 4.79 Å². The number of aryl methyl sites for hydroxylation is 1. The van der Waals surface area contributed by atoms with Crippen LogP contribution in [0.3, 0.4) is 0 Å². The van der Waals surface area contributed by atoms with Gasteiger partial charge in [-0.2, -0.15) is 0 Å². The molecule has 2 heterocycles. The first-order valence-corrected chi connectivity index (χ1v) is 7.66. The van der Waals surface area contributed by atoms with Crippen molar-refractivity contribution in [2.45, 2.75) is 38.7 Å². The summed E-state index contributed by atoms with van der Waals surface area (Å²) < 4.78 is 5.52. The van der Waals surface area contributed by atoms with Gasteiger partial charge in [0.2, 0.25) is 0 Å². The average molecular weight is 287 g/mol. The van der Waals surface area contributed by atoms with Gasteiger partial charge in [-0.25, -0.2) is 0 Å². The molecule has 4 heteroatoms. The monoisotopic (exact) mass is 287 g/mol. The Balaban J connectivity index is 1.90. The normalized spacial score (nSPS) is 19.7. The van der Waals surface area contributed by atoms with Crippen molar-refractivity contribution in [2.75, 3.05) is 13.1 Å². The number of carbonyl (C=O) groups is 1. The fourth-order valence-electron chi connectivity index (χ4n) is 2.91. The fraction of sp³-hybridized carbons (Fsp3) is 0.471. The lowest BCUT2D eigenvalue weighted by atomic mass is 10.1. The van der Waals surface area contributed by atoms with E-state index in [-0.39, 0.29) is 12.0 Å². The molecule has 1 saturated heterocycles. The number of amides is 1. The molecular weight excluding hydrogens is 266 g/mol. The predicted octanol–water partition coefficient (Wildman–Crippen LogP) is 2.98. The molecule has 1 aliphatic rings. The number of fused-ring (bicyclic) bond motifs is 1. The van der Waals surface area contributed by atoms with Crippen molar-refractivity contribution >= 4 is 16.9 Å². The van der Waals surface area contributed by atoms with E-state index in [9.17, 15) is 9.90 Å². The third-order valence-electron chi connectivity index (χ3n) is 4.26. The highest BCUT2D eigenvalue weighted by molar-refractivity contribution is 6.06. The Morgan fingerprint density at radius 3 is 3.05 bits per heavy atom. The van der Waals surface area contributed by atoms with Gasteiger partial charge < -0.3 is 14.4 Å². The molecule has 4 nitrogen and oxygen atoms in total. The van der Waals surface area contributed by atoms with Crippen molar-refractivity contribution in [1.29, 1.82) is 0 Å². The molecule has 1 aliphatic heterocycles. The molecular formula is C17H21NO3. The standard InChI is InChI=1S/C17H21NO3/c1-2-12-5-6-16-14(10-12)15(11-21-16)17(20)18-8-3-4-13(19)7-9-18/h5-6,10-11,13,19H,2-4,7-9H2,1H3. The van der Waals surface area contributed by atoms with Crippen molar-refractivity contribution < 1.29 is 14.3 Å². The summed E-state index contributed by atoms with van der Waals surface area (Å²) in [6, 6.07) is 6.00. The molecule has 1 unspecified atom stereocenters. The molecule has 1 atom stereocenters. The van der Waals surface area contributed by atoms with Gasteiger partial charge >= 0.3 is 0 Å². The maximum Gasteiger partial charge on any atom is 0.257 e. The largest absolute Gasteiger partial charge is 0.463 e. The molecule has 0 bridgehead atoms. The van der Waals surface area contributed by atoms with E-state index in [1.165, 1.54) is 5.56 Å². The van der Waals surface area contributed by atoms with Crippen molar-refractivity contribution in [1.82, 2.24) is 4.90 Å². The highest BCUT2D eigenvalue weighted by atomic mass is 16.3. The Morgan fingerprint density at radius 2 is 2.24 bits per heavy atom. The van der Waals surface area contributed by atoms with Gasteiger partial charge in [0.25, 0.3) is 5.91 Å². The maximum absolute atomic E-state index is 12.7. The van der Waals surface area contributed by atoms with E-state index >= 15 is 0 Å². The minimum Gasteiger partial charge on any atom is -0.463 e. The van der Waals surface area contributed by atoms with Crippen LogP contribution in [0.5, 0.6) is 0 Å². The van der Waals surface area contributed by atoms with E-state index in [4.69, 9.17) is 4.42 Å². The third kappa shape index (κ3) is 2.81. The Kier molecular flexibility index (Phi) is 3.97. The summed E-state index contributed by atoms with van der Waals surface area (Å²) in [7, 11) is 0. The number of benzene rings is 1. The number of carbonyl (C=O) groups excluding carboxylic acids is 1. The lowest BCUT2D eigenvalue weighted by Crippen LogP contribution is -2.32. The van der Waals surface area contributed by atoms with Crippen LogP contribution in [0.2, 0.25) is 0 Å². The van der Waals surface area contributed by atoms with Crippen LogP contribution in [0, 0.1) is 0 Å². The molecule has 1 aromatic carbocycles. The topological polar surface area (TPSA) is 53.7 Å². The van der Waals surface area contributed by atoms with Crippen LogP contribution in [0.15, 0.2) is 28.9 Å². The van der Waals surface area contributed by atoms with Crippen molar-refractivity contribution in [3.8, 4) is 0 Å². The molecule has 0 aliphatic carbocycles. The first-order valence-electron chi connectivity index (χ1n) is 7.66. The van der Waals surface area contributed by atoms with Crippen LogP contribution in [-0.4, -0.2) is 35.1 Å². The van der Waals surface area contributed by atoms with E-state index in [1.807, 2.05) is 23.1 Å². The molecule has 0 spiro atoms. The number of aliphatic hydroxyl groups is 1. The van der Waals surface area contributed by atoms with Gasteiger partial charge in [0, 0.05) is 18.5 Å². The van der Waals surface area contributed by atoms with Crippen molar-refractivity contribution in [3.63, 3.8) is 0 Å². The molecule has 3 rings (SSSR count). The number of furan rings is 1. The zero-order valence-corrected chi connectivity index (χ0v) is 12.3. The molecule has 0 saturated carbocycles. The first kappa shape index (κ1) is 14.1. The smallest absolute Gasteiger partial charge is 0.257 e. The Hall–Kier alpha value is -1.81. The predicted molar refractivity (Wildman–Crippen MR) is 81.4 cm³/mol. The lowest BCUT2D eigenvalue weighted by Gasteiger charge is -2.19. The molecule has 1 fully saturated rings. The summed E-state index contributed by atoms with van der Waals surface area (Å²) in [5, 5.41) is 10.6. The molecule has 1 N–H and O–H groups in total. The Morgan fingerprint density at radius 1 is 1.38 bits per heavy atom. The first-order chi connectivity index (χ1) is 10.2. The number of nitrogens with zero attached hydrogens (tertiary/aromatic N) is 1. The second kappa shape index (κ2) is 5.90. The summed E-state index contributed by atoms with van der Waals surface area (Å²) in [5.41, 5.74) is 2.59. The van der Waals surface area contributed by atoms with E-state index < -0.39 is 0 Å². The van der Waals surface area contributed by atoms with Crippen LogP contribution in [0.4, 0.5) is 0 Å². The zero-order valence-electron chi connectivity index (χ0n) is 12.3. The van der Waals surface area contributed by atoms with Crippen LogP contribution >= 0.6 is 0 Å². The van der Waals surface area contributed by atoms with Gasteiger partial charge in [0.15, 0.2) is 0 Å². The third-order valence-corrected chi connectivity index (χ3v) is 4.26. The summed E-state index contributed by atoms with van der Waals surface area (Å²) in [6.07, 6.45) is 4.49. The molecule has 2 aromatic rings. The molecule has 21 heavy (non-hydrogen) atoms. The molecule has 112 valence electrons. The van der Waals surface area contributed by atoms with Gasteiger partial charge in [0.1, 0.15) is 11.8 Å². The number of likely N-dealkylation sites (tertiary alicyclic amines) is 1. The van der Waals surface area contributed by atoms with Gasteiger partial charge in [-0.1, -0.05) is 13.0 Å². The molecule has 1 aromatic heterocycles. The minimum absolute atomic E-state index is 0.0103. The minimum atomic E-state index is -0.282. The van der Waals surface area contributed by atoms with E-state index in [1.54, 1.807) is 6.26 Å². The van der Waals surface area contributed by atoms with Crippen molar-refractivity contribution in [3.05, 3.63) is 35.6 Å². The van der Waals surface area contributed by atoms with Crippen LogP contribution in [-0.2, 0) is 6.42 Å². The second-order valence-corrected chi connectivity index (χ2v) is 5.71. The van der Waals surface area contributed by atoms with Crippen LogP contribution < -0.4 is 0 Å². The van der Waals surface area contributed by atoms with Crippen LogP contribution in [0.25, 0.3) is 11.0 Å². The van der Waals surface area contributed by atoms with Crippen LogP contribution in [0.1, 0.15) is 42.1 Å². The maximum atomic E-state index is 12.7. The van der Waals surface area contributed by atoms with Gasteiger partial charge in [0.05, 0.1) is 11.7 Å². The van der Waals surface area contributed by atoms with E-state index in [2.05, 4.69) is 6.92 Å². The van der Waals surface area contributed by atoms with Gasteiger partial charge in [-0.15, -0.1) is 0 Å². The highest BCUT2D eigenvalue weighted by Gasteiger charge is 2.23. The van der Waals surface area contributed by atoms with Gasteiger partial charge in [-0.05, 0) is 43.4 Å². The number of rotatable bonds is 2. The Bertz CT molecular complexity index is 647. The summed E-state index contributed by atoms with van der Waals surface area (Å²) in [6.45, 7) is 3.41. The molecule has 1 amide bonds. The number of hydrogen-bond acceptors (Lipinski definition) is 3. The zero-order chi connectivity index (χ0) is 14.8.